The molecular weight excluding hydrogens is 590 g/mol. The van der Waals surface area contributed by atoms with Crippen molar-refractivity contribution < 1.29 is 18.3 Å². The second-order valence-electron chi connectivity index (χ2n) is 10.1. The van der Waals surface area contributed by atoms with Gasteiger partial charge in [0.25, 0.3) is 0 Å². The van der Waals surface area contributed by atoms with Gasteiger partial charge in [0.2, 0.25) is 5.91 Å². The minimum atomic E-state index is -0.687. The van der Waals surface area contributed by atoms with E-state index < -0.39 is 17.3 Å². The van der Waals surface area contributed by atoms with E-state index in [4.69, 9.17) is 4.74 Å². The smallest absolute Gasteiger partial charge is 0.350 e. The van der Waals surface area contributed by atoms with E-state index in [1.165, 1.54) is 23.9 Å². The molecule has 1 fully saturated rings. The molecule has 2 aromatic carbocycles. The number of nitrogens with zero attached hydrogens (tertiary/aromatic N) is 4. The summed E-state index contributed by atoms with van der Waals surface area (Å²) in [6, 6.07) is 3.97. The van der Waals surface area contributed by atoms with E-state index in [0.717, 1.165) is 21.9 Å². The van der Waals surface area contributed by atoms with E-state index in [0.29, 0.717) is 42.3 Å². The topological polar surface area (TPSA) is 67.7 Å². The largest absolute Gasteiger partial charge is 0.379 e. The van der Waals surface area contributed by atoms with Gasteiger partial charge in [-0.3, -0.25) is 9.36 Å². The predicted molar refractivity (Wildman–Crippen MR) is 153 cm³/mol. The lowest BCUT2D eigenvalue weighted by molar-refractivity contribution is -0.130. The lowest BCUT2D eigenvalue weighted by Crippen LogP contribution is -2.58. The molecule has 3 heterocycles. The first-order valence-corrected chi connectivity index (χ1v) is 14.4. The van der Waals surface area contributed by atoms with Crippen molar-refractivity contribution in [3.63, 3.8) is 0 Å². The van der Waals surface area contributed by atoms with Crippen LogP contribution in [0.3, 0.4) is 0 Å². The number of aryl methyl sites for hydroxylation is 1. The Kier molecular flexibility index (Phi) is 7.60. The molecule has 1 amide bonds. The fourth-order valence-electron chi connectivity index (χ4n) is 5.73. The third-order valence-electron chi connectivity index (χ3n) is 7.46. The fourth-order valence-corrected chi connectivity index (χ4v) is 7.44. The number of aromatic nitrogens is 2. The Bertz CT molecular complexity index is 1550. The standard InChI is InChI=1S/C28H29BrF2N4O3S/c1-6-23(36)35-15(3)10-33(11-16(35)4)27-19-7-14(2)24(18-8-20(29)22(31)9-21(18)30)26-25(19)34(28(37)32-27)12-17(38-5)13-39-26/h6-9,15-17H,1,10-13H2,2-5H3/t15-,16+,17-/m0/s1. The van der Waals surface area contributed by atoms with Gasteiger partial charge in [0.15, 0.2) is 0 Å². The molecule has 1 aromatic heterocycles. The van der Waals surface area contributed by atoms with E-state index in [1.807, 2.05) is 31.7 Å². The number of piperazine rings is 1. The number of carbonyl (C=O) groups is 1. The van der Waals surface area contributed by atoms with Crippen LogP contribution in [-0.4, -0.2) is 64.5 Å². The number of amides is 1. The highest BCUT2D eigenvalue weighted by atomic mass is 79.9. The van der Waals surface area contributed by atoms with E-state index >= 15 is 4.39 Å². The average molecular weight is 620 g/mol. The summed E-state index contributed by atoms with van der Waals surface area (Å²) in [5.74, 6) is -0.432. The lowest BCUT2D eigenvalue weighted by Gasteiger charge is -2.44. The Morgan fingerprint density at radius 2 is 1.87 bits per heavy atom. The number of hydrogen-bond donors (Lipinski definition) is 0. The molecule has 3 aromatic rings. The van der Waals surface area contributed by atoms with Crippen LogP contribution in [0.1, 0.15) is 19.4 Å². The van der Waals surface area contributed by atoms with Crippen molar-refractivity contribution in [2.75, 3.05) is 30.9 Å². The highest BCUT2D eigenvalue weighted by molar-refractivity contribution is 9.10. The first-order chi connectivity index (χ1) is 18.5. The number of ether oxygens (including phenoxy) is 1. The second kappa shape index (κ2) is 10.7. The van der Waals surface area contributed by atoms with Gasteiger partial charge >= 0.3 is 5.69 Å². The van der Waals surface area contributed by atoms with Crippen LogP contribution < -0.4 is 10.6 Å². The number of halogens is 3. The van der Waals surface area contributed by atoms with Crippen molar-refractivity contribution in [1.82, 2.24) is 14.5 Å². The summed E-state index contributed by atoms with van der Waals surface area (Å²) < 4.78 is 36.7. The lowest BCUT2D eigenvalue weighted by atomic mass is 9.97. The monoisotopic (exact) mass is 618 g/mol. The van der Waals surface area contributed by atoms with E-state index in [-0.39, 0.29) is 34.1 Å². The van der Waals surface area contributed by atoms with Crippen LogP contribution in [0.2, 0.25) is 0 Å². The Balaban J connectivity index is 1.76. The van der Waals surface area contributed by atoms with Gasteiger partial charge in [-0.2, -0.15) is 4.98 Å². The molecule has 0 unspecified atom stereocenters. The summed E-state index contributed by atoms with van der Waals surface area (Å²) in [5.41, 5.74) is 1.85. The normalized spacial score (nSPS) is 21.3. The first kappa shape index (κ1) is 27.8. The van der Waals surface area contributed by atoms with Gasteiger partial charge in [-0.25, -0.2) is 13.6 Å². The van der Waals surface area contributed by atoms with Crippen molar-refractivity contribution in [2.45, 2.75) is 50.4 Å². The molecule has 0 spiro atoms. The van der Waals surface area contributed by atoms with Crippen molar-refractivity contribution in [3.05, 3.63) is 63.0 Å². The van der Waals surface area contributed by atoms with E-state index in [9.17, 15) is 14.0 Å². The maximum Gasteiger partial charge on any atom is 0.350 e. The minimum Gasteiger partial charge on any atom is -0.379 e. The first-order valence-electron chi connectivity index (χ1n) is 12.6. The maximum absolute atomic E-state index is 15.2. The van der Waals surface area contributed by atoms with Crippen LogP contribution in [0.5, 0.6) is 0 Å². The Morgan fingerprint density at radius 3 is 2.51 bits per heavy atom. The summed E-state index contributed by atoms with van der Waals surface area (Å²) in [6.07, 6.45) is 1.06. The predicted octanol–water partition coefficient (Wildman–Crippen LogP) is 5.14. The van der Waals surface area contributed by atoms with Crippen molar-refractivity contribution >= 4 is 50.3 Å². The molecule has 0 N–H and O–H groups in total. The minimum absolute atomic E-state index is 0.132. The van der Waals surface area contributed by atoms with Crippen molar-refractivity contribution in [1.29, 1.82) is 0 Å². The summed E-state index contributed by atoms with van der Waals surface area (Å²) in [6.45, 7) is 10.7. The fraction of sp³-hybridized carbons (Fsp3) is 0.393. The summed E-state index contributed by atoms with van der Waals surface area (Å²) in [4.78, 5) is 35.1. The van der Waals surface area contributed by atoms with Gasteiger partial charge in [0.05, 0.1) is 22.6 Å². The zero-order valence-corrected chi connectivity index (χ0v) is 24.5. The third-order valence-corrected chi connectivity index (χ3v) is 9.29. The number of anilines is 1. The summed E-state index contributed by atoms with van der Waals surface area (Å²) in [5, 5.41) is 0.764. The Morgan fingerprint density at radius 1 is 1.18 bits per heavy atom. The molecule has 11 heteroatoms. The Labute approximate surface area is 238 Å². The molecule has 0 bridgehead atoms. The van der Waals surface area contributed by atoms with Gasteiger partial charge in [0, 0.05) is 65.5 Å². The average Bonchev–Trinajstić information content (AvgIpc) is 3.08. The number of benzene rings is 2. The van der Waals surface area contributed by atoms with E-state index in [1.54, 1.807) is 16.6 Å². The van der Waals surface area contributed by atoms with Gasteiger partial charge in [0.1, 0.15) is 17.5 Å². The number of hydrogen-bond acceptors (Lipinski definition) is 6. The molecule has 7 nitrogen and oxygen atoms in total. The third kappa shape index (κ3) is 4.78. The van der Waals surface area contributed by atoms with Crippen LogP contribution in [0.25, 0.3) is 22.0 Å². The molecular formula is C28H29BrF2N4O3S. The number of rotatable bonds is 4. The molecule has 39 heavy (non-hydrogen) atoms. The molecule has 0 aliphatic carbocycles. The van der Waals surface area contributed by atoms with Gasteiger partial charge < -0.3 is 14.5 Å². The highest BCUT2D eigenvalue weighted by Gasteiger charge is 2.35. The molecule has 3 atom stereocenters. The van der Waals surface area contributed by atoms with Crippen LogP contribution in [-0.2, 0) is 16.1 Å². The quantitative estimate of drug-likeness (QED) is 0.298. The van der Waals surface area contributed by atoms with Gasteiger partial charge in [-0.15, -0.1) is 11.8 Å². The molecule has 0 radical (unpaired) electrons. The zero-order chi connectivity index (χ0) is 28.2. The molecule has 0 saturated carbocycles. The van der Waals surface area contributed by atoms with Crippen LogP contribution in [0.4, 0.5) is 14.6 Å². The SMILES string of the molecule is C=CC(=O)N1[C@H](C)CN(c2nc(=O)n3c4c(c(-c5cc(Br)c(F)cc5F)c(C)cc24)SC[C@@H](OC)C3)C[C@@H]1C. The van der Waals surface area contributed by atoms with Gasteiger partial charge in [-0.1, -0.05) is 6.58 Å². The molecule has 2 aliphatic rings. The summed E-state index contributed by atoms with van der Waals surface area (Å²) in [7, 11) is 1.60. The highest BCUT2D eigenvalue weighted by Crippen LogP contribution is 2.45. The van der Waals surface area contributed by atoms with Crippen LogP contribution >= 0.6 is 27.7 Å². The van der Waals surface area contributed by atoms with Crippen molar-refractivity contribution in [3.8, 4) is 11.1 Å². The van der Waals surface area contributed by atoms with Crippen molar-refractivity contribution in [2.24, 2.45) is 0 Å². The summed E-state index contributed by atoms with van der Waals surface area (Å²) >= 11 is 4.69. The molecule has 1 saturated heterocycles. The maximum atomic E-state index is 15.2. The van der Waals surface area contributed by atoms with Crippen LogP contribution in [0, 0.1) is 18.6 Å². The second-order valence-corrected chi connectivity index (χ2v) is 12.0. The van der Waals surface area contributed by atoms with E-state index in [2.05, 4.69) is 27.5 Å². The number of thioether (sulfide) groups is 1. The number of carbonyl (C=O) groups excluding carboxylic acids is 1. The number of methoxy groups -OCH3 is 1. The molecule has 2 aliphatic heterocycles. The van der Waals surface area contributed by atoms with Crippen LogP contribution in [0.15, 0.2) is 45.0 Å². The van der Waals surface area contributed by atoms with Gasteiger partial charge in [-0.05, 0) is 60.5 Å². The molecule has 206 valence electrons. The molecule has 5 rings (SSSR count). The Hall–Kier alpha value is -2.76. The zero-order valence-electron chi connectivity index (χ0n) is 22.1.